The van der Waals surface area contributed by atoms with E-state index in [2.05, 4.69) is 4.72 Å². The first-order valence-electron chi connectivity index (χ1n) is 4.64. The van der Waals surface area contributed by atoms with Crippen molar-refractivity contribution in [2.75, 3.05) is 4.72 Å². The minimum atomic E-state index is -3.88. The number of rotatable bonds is 4. The zero-order chi connectivity index (χ0) is 12.3. The number of nitrogens with one attached hydrogen (secondary N) is 1. The third-order valence-electron chi connectivity index (χ3n) is 2.21. The zero-order valence-corrected chi connectivity index (χ0v) is 9.78. The molecule has 0 radical (unpaired) electrons. The summed E-state index contributed by atoms with van der Waals surface area (Å²) >= 11 is 0. The molecule has 1 aromatic carbocycles. The van der Waals surface area contributed by atoms with Gasteiger partial charge in [0, 0.05) is 0 Å². The van der Waals surface area contributed by atoms with E-state index in [0.717, 1.165) is 12.5 Å². The number of para-hydroxylation sites is 1. The maximum absolute atomic E-state index is 11.6. The van der Waals surface area contributed by atoms with Crippen molar-refractivity contribution in [3.8, 4) is 0 Å². The summed E-state index contributed by atoms with van der Waals surface area (Å²) in [6.45, 7) is 2.87. The Hall–Kier alpha value is -1.56. The average molecular weight is 243 g/mol. The van der Waals surface area contributed by atoms with Crippen LogP contribution in [0, 0.1) is 6.92 Å². The average Bonchev–Trinajstić information content (AvgIpc) is 2.20. The van der Waals surface area contributed by atoms with Crippen molar-refractivity contribution in [3.05, 3.63) is 29.8 Å². The van der Waals surface area contributed by atoms with Crippen LogP contribution in [0.2, 0.25) is 0 Å². The molecule has 2 N–H and O–H groups in total. The lowest BCUT2D eigenvalue weighted by molar-refractivity contribution is -0.136. The number of anilines is 1. The highest BCUT2D eigenvalue weighted by Gasteiger charge is 2.27. The lowest BCUT2D eigenvalue weighted by Gasteiger charge is -2.12. The molecule has 1 atom stereocenters. The van der Waals surface area contributed by atoms with E-state index >= 15 is 0 Å². The molecule has 88 valence electrons. The fraction of sp³-hybridized carbons (Fsp3) is 0.300. The molecular weight excluding hydrogens is 230 g/mol. The van der Waals surface area contributed by atoms with Gasteiger partial charge < -0.3 is 5.11 Å². The molecule has 0 heterocycles. The first-order valence-corrected chi connectivity index (χ1v) is 6.19. The van der Waals surface area contributed by atoms with Crippen LogP contribution < -0.4 is 4.72 Å². The summed E-state index contributed by atoms with van der Waals surface area (Å²) in [4.78, 5) is 10.6. The molecule has 0 fully saturated rings. The molecule has 0 spiro atoms. The molecule has 5 nitrogen and oxygen atoms in total. The fourth-order valence-corrected chi connectivity index (χ4v) is 2.04. The fourth-order valence-electron chi connectivity index (χ4n) is 1.06. The largest absolute Gasteiger partial charge is 0.480 e. The summed E-state index contributed by atoms with van der Waals surface area (Å²) in [5.41, 5.74) is 1.14. The van der Waals surface area contributed by atoms with Crippen LogP contribution in [0.1, 0.15) is 12.5 Å². The Morgan fingerprint density at radius 1 is 1.38 bits per heavy atom. The van der Waals surface area contributed by atoms with Gasteiger partial charge in [-0.15, -0.1) is 0 Å². The number of hydrogen-bond donors (Lipinski definition) is 2. The Labute approximate surface area is 94.2 Å². The van der Waals surface area contributed by atoms with Crippen LogP contribution in [-0.4, -0.2) is 24.7 Å². The van der Waals surface area contributed by atoms with Crippen molar-refractivity contribution in [3.63, 3.8) is 0 Å². The Bertz CT molecular complexity index is 495. The van der Waals surface area contributed by atoms with Crippen molar-refractivity contribution in [2.45, 2.75) is 19.1 Å². The third kappa shape index (κ3) is 2.73. The predicted molar refractivity (Wildman–Crippen MR) is 60.8 cm³/mol. The van der Waals surface area contributed by atoms with E-state index < -0.39 is 21.2 Å². The Morgan fingerprint density at radius 3 is 2.44 bits per heavy atom. The first kappa shape index (κ1) is 12.5. The van der Waals surface area contributed by atoms with Gasteiger partial charge in [-0.3, -0.25) is 9.52 Å². The standard InChI is InChI=1S/C10H13NO4S/c1-7-5-3-4-6-9(7)11-16(14,15)8(2)10(12)13/h3-6,8,11H,1-2H3,(H,12,13). The number of carboxylic acids is 1. The molecule has 0 aliphatic carbocycles. The lowest BCUT2D eigenvalue weighted by Crippen LogP contribution is -2.32. The number of hydrogen-bond acceptors (Lipinski definition) is 3. The zero-order valence-electron chi connectivity index (χ0n) is 8.97. The number of benzene rings is 1. The number of carbonyl (C=O) groups is 1. The Morgan fingerprint density at radius 2 is 1.94 bits per heavy atom. The van der Waals surface area contributed by atoms with E-state index in [1.807, 2.05) is 0 Å². The molecule has 0 saturated heterocycles. The molecule has 1 unspecified atom stereocenters. The molecule has 16 heavy (non-hydrogen) atoms. The van der Waals surface area contributed by atoms with Crippen LogP contribution in [0.25, 0.3) is 0 Å². The minimum absolute atomic E-state index is 0.399. The van der Waals surface area contributed by atoms with Gasteiger partial charge in [0.15, 0.2) is 5.25 Å². The molecule has 6 heteroatoms. The highest BCUT2D eigenvalue weighted by molar-refractivity contribution is 7.94. The summed E-state index contributed by atoms with van der Waals surface area (Å²) in [6.07, 6.45) is 0. The SMILES string of the molecule is Cc1ccccc1NS(=O)(=O)C(C)C(=O)O. The second-order valence-electron chi connectivity index (χ2n) is 3.44. The second kappa shape index (κ2) is 4.52. The van der Waals surface area contributed by atoms with Crippen molar-refractivity contribution in [1.82, 2.24) is 0 Å². The topological polar surface area (TPSA) is 83.5 Å². The minimum Gasteiger partial charge on any atom is -0.480 e. The third-order valence-corrected chi connectivity index (χ3v) is 3.85. The van der Waals surface area contributed by atoms with Crippen molar-refractivity contribution >= 4 is 21.7 Å². The van der Waals surface area contributed by atoms with E-state index in [1.54, 1.807) is 31.2 Å². The second-order valence-corrected chi connectivity index (χ2v) is 5.44. The number of carboxylic acid groups (broad SMARTS) is 1. The van der Waals surface area contributed by atoms with Crippen molar-refractivity contribution in [1.29, 1.82) is 0 Å². The molecule has 0 bridgehead atoms. The predicted octanol–water partition coefficient (Wildman–Crippen LogP) is 1.21. The van der Waals surface area contributed by atoms with Crippen LogP contribution >= 0.6 is 0 Å². The molecule has 0 saturated carbocycles. The first-order chi connectivity index (χ1) is 7.34. The van der Waals surface area contributed by atoms with Crippen LogP contribution in [0.5, 0.6) is 0 Å². The smallest absolute Gasteiger partial charge is 0.323 e. The maximum Gasteiger partial charge on any atom is 0.323 e. The highest BCUT2D eigenvalue weighted by Crippen LogP contribution is 2.16. The van der Waals surface area contributed by atoms with Gasteiger partial charge in [0.05, 0.1) is 5.69 Å². The molecule has 0 aromatic heterocycles. The van der Waals surface area contributed by atoms with Crippen LogP contribution in [0.3, 0.4) is 0 Å². The van der Waals surface area contributed by atoms with Gasteiger partial charge in [-0.1, -0.05) is 18.2 Å². The molecule has 0 aliphatic heterocycles. The van der Waals surface area contributed by atoms with Gasteiger partial charge in [0.1, 0.15) is 0 Å². The summed E-state index contributed by atoms with van der Waals surface area (Å²) in [6, 6.07) is 6.77. The van der Waals surface area contributed by atoms with E-state index in [4.69, 9.17) is 5.11 Å². The summed E-state index contributed by atoms with van der Waals surface area (Å²) in [5.74, 6) is -1.37. The van der Waals surface area contributed by atoms with Gasteiger partial charge >= 0.3 is 5.97 Å². The number of aryl methyl sites for hydroxylation is 1. The van der Waals surface area contributed by atoms with Gasteiger partial charge in [0.25, 0.3) is 0 Å². The molecule has 0 amide bonds. The van der Waals surface area contributed by atoms with E-state index in [0.29, 0.717) is 5.69 Å². The highest BCUT2D eigenvalue weighted by atomic mass is 32.2. The summed E-state index contributed by atoms with van der Waals surface area (Å²) < 4.78 is 25.5. The van der Waals surface area contributed by atoms with E-state index in [1.165, 1.54) is 0 Å². The number of sulfonamides is 1. The van der Waals surface area contributed by atoms with Crippen LogP contribution in [-0.2, 0) is 14.8 Å². The van der Waals surface area contributed by atoms with Crippen molar-refractivity contribution < 1.29 is 18.3 Å². The molecular formula is C10H13NO4S. The Balaban J connectivity index is 2.98. The van der Waals surface area contributed by atoms with Gasteiger partial charge in [-0.2, -0.15) is 0 Å². The normalized spacial score (nSPS) is 13.1. The van der Waals surface area contributed by atoms with E-state index in [-0.39, 0.29) is 0 Å². The van der Waals surface area contributed by atoms with Gasteiger partial charge in [0.2, 0.25) is 10.0 Å². The summed E-state index contributed by atoms with van der Waals surface area (Å²) in [5, 5.41) is 7.17. The van der Waals surface area contributed by atoms with Gasteiger partial charge in [-0.25, -0.2) is 8.42 Å². The molecule has 0 aliphatic rings. The monoisotopic (exact) mass is 243 g/mol. The number of aliphatic carboxylic acids is 1. The van der Waals surface area contributed by atoms with Gasteiger partial charge in [-0.05, 0) is 25.5 Å². The lowest BCUT2D eigenvalue weighted by atomic mass is 10.2. The molecule has 1 rings (SSSR count). The van der Waals surface area contributed by atoms with Crippen LogP contribution in [0.15, 0.2) is 24.3 Å². The van der Waals surface area contributed by atoms with E-state index in [9.17, 15) is 13.2 Å². The maximum atomic E-state index is 11.6. The quantitative estimate of drug-likeness (QED) is 0.832. The van der Waals surface area contributed by atoms with Crippen molar-refractivity contribution in [2.24, 2.45) is 0 Å². The Kier molecular flexibility index (Phi) is 3.54. The van der Waals surface area contributed by atoms with Crippen LogP contribution in [0.4, 0.5) is 5.69 Å². The summed E-state index contributed by atoms with van der Waals surface area (Å²) in [7, 11) is -3.88. The molecule has 1 aromatic rings.